The van der Waals surface area contributed by atoms with Crippen molar-refractivity contribution >= 4 is 488 Å². The quantitative estimate of drug-likeness (QED) is 0.253. The van der Waals surface area contributed by atoms with E-state index in [4.69, 9.17) is 0 Å². The van der Waals surface area contributed by atoms with Crippen LogP contribution in [0, 0.1) is 0 Å². The molecule has 0 nitrogen and oxygen atoms in total. The monoisotopic (exact) mass is 1010 g/mol. The summed E-state index contributed by atoms with van der Waals surface area (Å²) >= 11 is 18.4. The Bertz CT molecular complexity index is 197. The molecule has 0 saturated carbocycles. The predicted octanol–water partition coefficient (Wildman–Crippen LogP) is -4.09. The van der Waals surface area contributed by atoms with E-state index >= 15 is 0 Å². The van der Waals surface area contributed by atoms with Gasteiger partial charge in [0, 0.05) is 0 Å². The van der Waals surface area contributed by atoms with Crippen molar-refractivity contribution in [3.8, 4) is 0 Å². The average Bonchev–Trinajstić information content (AvgIpc) is 2.63. The molecule has 0 rings (SSSR count). The summed E-state index contributed by atoms with van der Waals surface area (Å²) in [6.45, 7) is 21.3. The van der Waals surface area contributed by atoms with Crippen LogP contribution in [0.3, 0.4) is 0 Å². The molecule has 3 unspecified atom stereocenters. The first-order valence-corrected chi connectivity index (χ1v) is 111. The fraction of sp³-hybridized carbons (Fsp3) is 1.00. The second-order valence-corrected chi connectivity index (χ2v) is 60.6. The van der Waals surface area contributed by atoms with Crippen LogP contribution in [0.1, 0.15) is 7.43 Å². The van der Waals surface area contributed by atoms with Crippen LogP contribution in [-0.2, 0) is 0 Å². The normalized spacial score (nSPS) is 7.94. The zero-order valence-corrected chi connectivity index (χ0v) is 77.9. The summed E-state index contributed by atoms with van der Waals surface area (Å²) < 4.78 is 0. The Morgan fingerprint density at radius 3 is 0.438 bits per heavy atom. The van der Waals surface area contributed by atoms with Gasteiger partial charge < -0.3 is 0 Å². The van der Waals surface area contributed by atoms with Gasteiger partial charge in [-0.25, -0.2) is 0 Å². The van der Waals surface area contributed by atoms with Gasteiger partial charge in [0.2, 0.25) is 0 Å². The number of halogens is 1. The average molecular weight is 1020 g/mol. The first-order valence-electron chi connectivity index (χ1n) is 12.2. The molecule has 0 fully saturated rings. The molecule has 0 aliphatic heterocycles. The van der Waals surface area contributed by atoms with E-state index in [-0.39, 0.29) is 73.7 Å². The van der Waals surface area contributed by atoms with Gasteiger partial charge in [-0.2, -0.15) is 0 Å². The fourth-order valence-corrected chi connectivity index (χ4v) is 141. The van der Waals surface area contributed by atoms with Crippen molar-refractivity contribution in [2.45, 2.75) is 66.3 Å². The molecule has 32 heavy (non-hydrogen) atoms. The van der Waals surface area contributed by atoms with Gasteiger partial charge in [0.05, 0.1) is 0 Å². The van der Waals surface area contributed by atoms with Crippen LogP contribution in [0.25, 0.3) is 0 Å². The fourth-order valence-electron chi connectivity index (χ4n) is 3.02. The van der Waals surface area contributed by atoms with Crippen molar-refractivity contribution in [1.82, 2.24) is 0 Å². The van der Waals surface area contributed by atoms with Crippen LogP contribution in [-0.4, -0.2) is 476 Å². The molecule has 134 valence electrons. The Hall–Kier alpha value is 21.6. The van der Waals surface area contributed by atoms with Crippen molar-refractivity contribution in [2.75, 3.05) is 0 Å². The maximum absolute atomic E-state index is 2.63. The van der Waals surface area contributed by atoms with E-state index in [1.165, 1.54) is 390 Å². The van der Waals surface area contributed by atoms with E-state index in [1.807, 2.05) is 0 Å². The van der Waals surface area contributed by atoms with E-state index in [2.05, 4.69) is 58.9 Å². The van der Waals surface area contributed by atoms with Gasteiger partial charge in [-0.3, -0.25) is 0 Å². The Kier molecular flexibility index (Phi) is 217. The number of hydrogen-bond donors (Lipinski definition) is 0. The molecule has 0 heterocycles. The van der Waals surface area contributed by atoms with Crippen LogP contribution < -0.4 is 0 Å². The molecular formula is C10H41As4ClK7Na7Si3. The van der Waals surface area contributed by atoms with Gasteiger partial charge in [0.1, 0.15) is 0 Å². The summed E-state index contributed by atoms with van der Waals surface area (Å²) in [6.07, 6.45) is 0. The molecule has 0 aromatic heterocycles. The summed E-state index contributed by atoms with van der Waals surface area (Å²) in [5.74, 6) is 0. The van der Waals surface area contributed by atoms with Gasteiger partial charge in [-0.05, 0) is 0 Å². The summed E-state index contributed by atoms with van der Waals surface area (Å²) in [5.41, 5.74) is 0. The van der Waals surface area contributed by atoms with Gasteiger partial charge in [0.25, 0.3) is 0 Å². The first kappa shape index (κ1) is 90.0. The second-order valence-electron chi connectivity index (χ2n) is 6.85. The Morgan fingerprint density at radius 2 is 0.438 bits per heavy atom. The van der Waals surface area contributed by atoms with E-state index < -0.39 is 32.3 Å². The van der Waals surface area contributed by atoms with E-state index in [1.54, 1.807) is 0 Å². The molecule has 0 radical (unpaired) electrons. The molecule has 0 aliphatic carbocycles. The zero-order valence-electron chi connectivity index (χ0n) is 27.5. The van der Waals surface area contributed by atoms with Gasteiger partial charge in [0.15, 0.2) is 0 Å². The summed E-state index contributed by atoms with van der Waals surface area (Å²) in [6, 6.07) is 0. The SMILES string of the molecule is C.C[Si](C)(C)[As]([Si](C)(C)C)[Si](C)(C)C.Cl.[AsH3].[AsH3].[AsH3].[Na][K].[Na][K].[Na][K].[Na][K].[Na][K].[Na][K].[Na][K]. The molecule has 0 aromatic carbocycles. The van der Waals surface area contributed by atoms with Gasteiger partial charge in [-0.15, -0.1) is 12.4 Å². The molecule has 0 bridgehead atoms. The molecule has 3 atom stereocenters. The standard InChI is InChI=1S/C9H27AsSi3.CH4.3AsH3.ClH.7K.7Na/c1-11(2,3)10(12(4,5)6)13(7,8)9;;;;;;;;;;;;;;;;;;;/h1-9H3;1H4;3*1H3;1H;;;;;;;;;;;;;;. The van der Waals surface area contributed by atoms with Crippen molar-refractivity contribution in [1.29, 1.82) is 0 Å². The van der Waals surface area contributed by atoms with Crippen molar-refractivity contribution in [3.63, 3.8) is 0 Å². The third kappa shape index (κ3) is 84.3. The van der Waals surface area contributed by atoms with Crippen LogP contribution in [0.5, 0.6) is 0 Å². The minimum absolute atomic E-state index is 0. The first-order chi connectivity index (χ1) is 12.4. The molecule has 0 N–H and O–H groups in total. The topological polar surface area (TPSA) is 0 Å². The molecule has 0 saturated heterocycles. The van der Waals surface area contributed by atoms with E-state index in [9.17, 15) is 0 Å². The van der Waals surface area contributed by atoms with Gasteiger partial charge >= 0.3 is 535 Å². The summed E-state index contributed by atoms with van der Waals surface area (Å²) in [4.78, 5) is 0. The third-order valence-electron chi connectivity index (χ3n) is 2.01. The van der Waals surface area contributed by atoms with Crippen molar-refractivity contribution in [3.05, 3.63) is 0 Å². The molecule has 0 aliphatic rings. The van der Waals surface area contributed by atoms with Crippen molar-refractivity contribution in [2.24, 2.45) is 0 Å². The Balaban J connectivity index is -0.0000000149. The molecule has 0 spiro atoms. The van der Waals surface area contributed by atoms with Crippen LogP contribution in [0.2, 0.25) is 58.9 Å². The third-order valence-corrected chi connectivity index (χ3v) is 94.1. The van der Waals surface area contributed by atoms with Crippen molar-refractivity contribution < 1.29 is 0 Å². The van der Waals surface area contributed by atoms with E-state index in [0.717, 1.165) is 0 Å². The maximum atomic E-state index is 2.63. The van der Waals surface area contributed by atoms with Crippen LogP contribution in [0.4, 0.5) is 0 Å². The zero-order chi connectivity index (χ0) is 25.1. The van der Waals surface area contributed by atoms with E-state index in [0.29, 0.717) is 0 Å². The Morgan fingerprint density at radius 1 is 0.375 bits per heavy atom. The molecule has 0 amide bonds. The Labute approximate surface area is 527 Å². The summed E-state index contributed by atoms with van der Waals surface area (Å²) in [7, 11) is 0. The number of rotatable bonds is 3. The molecule has 22 heteroatoms. The summed E-state index contributed by atoms with van der Waals surface area (Å²) in [5, 5.41) is 0. The van der Waals surface area contributed by atoms with Crippen LogP contribution >= 0.6 is 12.4 Å². The number of hydrogen-bond acceptors (Lipinski definition) is 0. The second kappa shape index (κ2) is 77.2. The molecule has 0 aromatic rings. The van der Waals surface area contributed by atoms with Crippen LogP contribution in [0.15, 0.2) is 0 Å². The predicted molar refractivity (Wildman–Crippen MR) is 200 cm³/mol. The molecular weight excluding hydrogens is 974 g/mol. The van der Waals surface area contributed by atoms with Gasteiger partial charge in [-0.1, -0.05) is 7.43 Å². The minimum atomic E-state index is -0.788.